The van der Waals surface area contributed by atoms with Crippen LogP contribution in [0.3, 0.4) is 0 Å². The van der Waals surface area contributed by atoms with E-state index < -0.39 is 5.60 Å². The topological polar surface area (TPSA) is 84.4 Å². The summed E-state index contributed by atoms with van der Waals surface area (Å²) in [5, 5.41) is 6.42. The van der Waals surface area contributed by atoms with Crippen LogP contribution in [0.1, 0.15) is 34.6 Å². The Bertz CT molecular complexity index is 662. The summed E-state index contributed by atoms with van der Waals surface area (Å²) < 4.78 is 16.2. The van der Waals surface area contributed by atoms with E-state index in [1.807, 2.05) is 52.8 Å². The number of benzene rings is 1. The Labute approximate surface area is 191 Å². The summed E-state index contributed by atoms with van der Waals surface area (Å²) in [6, 6.07) is 5.60. The predicted molar refractivity (Wildman–Crippen MR) is 128 cm³/mol. The third-order valence-corrected chi connectivity index (χ3v) is 3.48. The molecule has 0 bridgehead atoms. The molecule has 29 heavy (non-hydrogen) atoms. The number of likely N-dealkylation sites (N-methyl/N-ethyl adjacent to an activating group) is 1. The van der Waals surface area contributed by atoms with Gasteiger partial charge in [-0.2, -0.15) is 0 Å². The average molecular weight is 522 g/mol. The second-order valence-electron chi connectivity index (χ2n) is 7.09. The molecule has 0 saturated carbocycles. The number of hydrogen-bond donors (Lipinski definition) is 2. The highest BCUT2D eigenvalue weighted by molar-refractivity contribution is 14.0. The normalized spacial score (nSPS) is 11.2. The Balaban J connectivity index is 0.00000784. The molecule has 2 N–H and O–H groups in total. The van der Waals surface area contributed by atoms with Crippen LogP contribution in [0.2, 0.25) is 0 Å². The maximum Gasteiger partial charge on any atom is 0.410 e. The molecule has 0 saturated heterocycles. The van der Waals surface area contributed by atoms with Gasteiger partial charge in [0.25, 0.3) is 0 Å². The summed E-state index contributed by atoms with van der Waals surface area (Å²) in [6.07, 6.45) is -0.364. The van der Waals surface area contributed by atoms with Crippen molar-refractivity contribution >= 4 is 41.7 Å². The van der Waals surface area contributed by atoms with Crippen molar-refractivity contribution in [3.8, 4) is 11.5 Å². The lowest BCUT2D eigenvalue weighted by molar-refractivity contribution is 0.0304. The minimum atomic E-state index is -0.516. The SMILES string of the molecule is CCNC(=NCCN(C)C(=O)OC(C)(C)C)Nc1ccc(OCC)c(OC)c1.I. The summed E-state index contributed by atoms with van der Waals surface area (Å²) >= 11 is 0. The average Bonchev–Trinajstić information content (AvgIpc) is 2.61. The molecule has 1 amide bonds. The van der Waals surface area contributed by atoms with Crippen LogP contribution < -0.4 is 20.1 Å². The zero-order chi connectivity index (χ0) is 21.2. The van der Waals surface area contributed by atoms with E-state index in [1.165, 1.54) is 4.90 Å². The molecule has 8 nitrogen and oxygen atoms in total. The zero-order valence-electron chi connectivity index (χ0n) is 18.5. The lowest BCUT2D eigenvalue weighted by Crippen LogP contribution is -2.36. The van der Waals surface area contributed by atoms with Crippen LogP contribution in [0, 0.1) is 0 Å². The molecule has 0 heterocycles. The summed E-state index contributed by atoms with van der Waals surface area (Å²) in [5.74, 6) is 1.95. The first-order valence-electron chi connectivity index (χ1n) is 9.50. The van der Waals surface area contributed by atoms with Crippen LogP contribution in [0.5, 0.6) is 11.5 Å². The molecule has 1 aromatic rings. The van der Waals surface area contributed by atoms with Gasteiger partial charge in [-0.1, -0.05) is 0 Å². The van der Waals surface area contributed by atoms with Crippen LogP contribution in [0.15, 0.2) is 23.2 Å². The van der Waals surface area contributed by atoms with Gasteiger partial charge in [-0.05, 0) is 46.8 Å². The molecule has 0 aromatic heterocycles. The second-order valence-corrected chi connectivity index (χ2v) is 7.09. The molecular weight excluding hydrogens is 487 g/mol. The number of carbonyl (C=O) groups excluding carboxylic acids is 1. The van der Waals surface area contributed by atoms with E-state index >= 15 is 0 Å². The first kappa shape index (κ1) is 27.1. The number of rotatable bonds is 8. The van der Waals surface area contributed by atoms with Crippen molar-refractivity contribution in [2.75, 3.05) is 45.7 Å². The molecule has 0 atom stereocenters. The van der Waals surface area contributed by atoms with Crippen LogP contribution in [-0.4, -0.2) is 63.0 Å². The predicted octanol–water partition coefficient (Wildman–Crippen LogP) is 3.96. The van der Waals surface area contributed by atoms with Crippen LogP contribution in [-0.2, 0) is 4.74 Å². The fourth-order valence-corrected chi connectivity index (χ4v) is 2.21. The lowest BCUT2D eigenvalue weighted by Gasteiger charge is -2.24. The monoisotopic (exact) mass is 522 g/mol. The first-order chi connectivity index (χ1) is 13.2. The van der Waals surface area contributed by atoms with Crippen LogP contribution >= 0.6 is 24.0 Å². The van der Waals surface area contributed by atoms with Crippen molar-refractivity contribution in [2.24, 2.45) is 4.99 Å². The Hall–Kier alpha value is -1.91. The van der Waals surface area contributed by atoms with Gasteiger partial charge in [-0.15, -0.1) is 24.0 Å². The summed E-state index contributed by atoms with van der Waals surface area (Å²) in [6.45, 7) is 11.6. The Morgan fingerprint density at radius 3 is 2.45 bits per heavy atom. The zero-order valence-corrected chi connectivity index (χ0v) is 20.8. The number of anilines is 1. The number of halogens is 1. The molecule has 166 valence electrons. The van der Waals surface area contributed by atoms with Crippen LogP contribution in [0.4, 0.5) is 10.5 Å². The van der Waals surface area contributed by atoms with Crippen molar-refractivity contribution in [1.82, 2.24) is 10.2 Å². The molecule has 0 fully saturated rings. The fraction of sp³-hybridized carbons (Fsp3) is 0.600. The number of methoxy groups -OCH3 is 1. The van der Waals surface area contributed by atoms with E-state index in [9.17, 15) is 4.79 Å². The highest BCUT2D eigenvalue weighted by Crippen LogP contribution is 2.30. The molecule has 0 unspecified atom stereocenters. The smallest absolute Gasteiger partial charge is 0.410 e. The van der Waals surface area contributed by atoms with E-state index in [-0.39, 0.29) is 30.1 Å². The van der Waals surface area contributed by atoms with Gasteiger partial charge in [0.1, 0.15) is 5.60 Å². The molecule has 1 rings (SSSR count). The number of aliphatic imine (C=N–C) groups is 1. The summed E-state index contributed by atoms with van der Waals surface area (Å²) in [7, 11) is 3.30. The standard InChI is InChI=1S/C20H34N4O4.HI/c1-8-21-18(22-12-13-24(6)19(25)28-20(3,4)5)23-15-10-11-16(27-9-2)17(14-15)26-7;/h10-11,14H,8-9,12-13H2,1-7H3,(H2,21,22,23);1H. The third kappa shape index (κ3) is 10.4. The molecule has 0 aliphatic rings. The molecule has 0 aliphatic heterocycles. The number of guanidine groups is 1. The minimum Gasteiger partial charge on any atom is -0.493 e. The molecule has 0 radical (unpaired) electrons. The minimum absolute atomic E-state index is 0. The maximum absolute atomic E-state index is 12.0. The van der Waals surface area contributed by atoms with Gasteiger partial charge in [-0.25, -0.2) is 4.79 Å². The van der Waals surface area contributed by atoms with Crippen molar-refractivity contribution < 1.29 is 19.0 Å². The highest BCUT2D eigenvalue weighted by Gasteiger charge is 2.19. The second kappa shape index (κ2) is 13.3. The van der Waals surface area contributed by atoms with Gasteiger partial charge in [0.2, 0.25) is 0 Å². The van der Waals surface area contributed by atoms with E-state index in [4.69, 9.17) is 14.2 Å². The van der Waals surface area contributed by atoms with Crippen molar-refractivity contribution in [3.05, 3.63) is 18.2 Å². The number of ether oxygens (including phenoxy) is 3. The number of amides is 1. The fourth-order valence-electron chi connectivity index (χ4n) is 2.21. The van der Waals surface area contributed by atoms with Gasteiger partial charge in [-0.3, -0.25) is 4.99 Å². The van der Waals surface area contributed by atoms with Crippen molar-refractivity contribution in [3.63, 3.8) is 0 Å². The number of hydrogen-bond acceptors (Lipinski definition) is 5. The quantitative estimate of drug-likeness (QED) is 0.306. The molecule has 0 spiro atoms. The first-order valence-corrected chi connectivity index (χ1v) is 9.50. The Morgan fingerprint density at radius 2 is 1.90 bits per heavy atom. The van der Waals surface area contributed by atoms with Gasteiger partial charge in [0.05, 0.1) is 20.3 Å². The Morgan fingerprint density at radius 1 is 1.21 bits per heavy atom. The van der Waals surface area contributed by atoms with Crippen molar-refractivity contribution in [1.29, 1.82) is 0 Å². The number of carbonyl (C=O) groups is 1. The molecule has 0 aliphatic carbocycles. The lowest BCUT2D eigenvalue weighted by atomic mass is 10.2. The van der Waals surface area contributed by atoms with E-state index in [0.29, 0.717) is 43.7 Å². The highest BCUT2D eigenvalue weighted by atomic mass is 127. The van der Waals surface area contributed by atoms with Crippen LogP contribution in [0.25, 0.3) is 0 Å². The van der Waals surface area contributed by atoms with Gasteiger partial charge < -0.3 is 29.7 Å². The van der Waals surface area contributed by atoms with Gasteiger partial charge in [0, 0.05) is 31.9 Å². The Kier molecular flexibility index (Phi) is 12.5. The maximum atomic E-state index is 12.0. The van der Waals surface area contributed by atoms with Gasteiger partial charge in [0.15, 0.2) is 17.5 Å². The van der Waals surface area contributed by atoms with Crippen molar-refractivity contribution in [2.45, 2.75) is 40.2 Å². The number of nitrogens with one attached hydrogen (secondary N) is 2. The van der Waals surface area contributed by atoms with E-state index in [2.05, 4.69) is 15.6 Å². The van der Waals surface area contributed by atoms with E-state index in [0.717, 1.165) is 5.69 Å². The number of nitrogens with zero attached hydrogens (tertiary/aromatic N) is 2. The third-order valence-electron chi connectivity index (χ3n) is 3.48. The summed E-state index contributed by atoms with van der Waals surface area (Å²) in [5.41, 5.74) is 0.304. The largest absolute Gasteiger partial charge is 0.493 e. The molecule has 9 heteroatoms. The van der Waals surface area contributed by atoms with Gasteiger partial charge >= 0.3 is 6.09 Å². The molecular formula is C20H35IN4O4. The van der Waals surface area contributed by atoms with E-state index in [1.54, 1.807) is 14.2 Å². The molecule has 1 aromatic carbocycles. The summed E-state index contributed by atoms with van der Waals surface area (Å²) in [4.78, 5) is 18.0.